The number of imidazole rings is 1. The molecule has 0 amide bonds. The lowest BCUT2D eigenvalue weighted by Crippen LogP contribution is -2.46. The van der Waals surface area contributed by atoms with Crippen LogP contribution >= 0.6 is 0 Å². The fourth-order valence-corrected chi connectivity index (χ4v) is 2.11. The van der Waals surface area contributed by atoms with Gasteiger partial charge in [-0.15, -0.1) is 0 Å². The molecule has 1 aromatic heterocycles. The number of aliphatic hydroxyl groups excluding tert-OH is 1. The monoisotopic (exact) mass is 239 g/mol. The molecule has 2 N–H and O–H groups in total. The zero-order valence-corrected chi connectivity index (χ0v) is 11.5. The van der Waals surface area contributed by atoms with E-state index in [0.29, 0.717) is 0 Å². The van der Waals surface area contributed by atoms with Gasteiger partial charge in [0.05, 0.1) is 18.6 Å². The van der Waals surface area contributed by atoms with E-state index in [4.69, 9.17) is 0 Å². The molecule has 0 fully saturated rings. The van der Waals surface area contributed by atoms with Crippen molar-refractivity contribution in [3.05, 3.63) is 17.7 Å². The van der Waals surface area contributed by atoms with Crippen LogP contribution in [0.2, 0.25) is 0 Å². The highest BCUT2D eigenvalue weighted by Crippen LogP contribution is 2.17. The van der Waals surface area contributed by atoms with Crippen molar-refractivity contribution in [2.75, 3.05) is 13.7 Å². The minimum Gasteiger partial charge on any atom is -0.394 e. The third kappa shape index (κ3) is 3.30. The van der Waals surface area contributed by atoms with Gasteiger partial charge >= 0.3 is 0 Å². The summed E-state index contributed by atoms with van der Waals surface area (Å²) in [7, 11) is 1.92. The fourth-order valence-electron chi connectivity index (χ4n) is 2.11. The van der Waals surface area contributed by atoms with Crippen LogP contribution in [0.3, 0.4) is 0 Å². The molecule has 0 saturated heterocycles. The molecule has 4 heteroatoms. The Morgan fingerprint density at radius 3 is 2.59 bits per heavy atom. The van der Waals surface area contributed by atoms with Gasteiger partial charge in [-0.1, -0.05) is 6.92 Å². The van der Waals surface area contributed by atoms with Crippen LogP contribution in [0.25, 0.3) is 0 Å². The minimum absolute atomic E-state index is 0.121. The van der Waals surface area contributed by atoms with E-state index in [1.54, 1.807) is 0 Å². The van der Waals surface area contributed by atoms with Gasteiger partial charge in [-0.25, -0.2) is 4.98 Å². The van der Waals surface area contributed by atoms with Crippen LogP contribution < -0.4 is 5.32 Å². The Bertz CT molecular complexity index is 334. The van der Waals surface area contributed by atoms with Gasteiger partial charge in [-0.3, -0.25) is 0 Å². The lowest BCUT2D eigenvalue weighted by Gasteiger charge is -2.30. The Balaban J connectivity index is 2.49. The number of aromatic nitrogens is 2. The second kappa shape index (κ2) is 6.17. The maximum Gasteiger partial charge on any atom is 0.0951 e. The summed E-state index contributed by atoms with van der Waals surface area (Å²) in [6.45, 7) is 7.40. The SMILES string of the molecule is CCC(CO)(CCCn1cnc(C)c1C)NC. The van der Waals surface area contributed by atoms with Crippen molar-refractivity contribution in [3.63, 3.8) is 0 Å². The van der Waals surface area contributed by atoms with Gasteiger partial charge in [0.2, 0.25) is 0 Å². The molecule has 0 aliphatic heterocycles. The first-order chi connectivity index (χ1) is 8.08. The van der Waals surface area contributed by atoms with E-state index < -0.39 is 0 Å². The molecule has 0 aliphatic carbocycles. The summed E-state index contributed by atoms with van der Waals surface area (Å²) in [4.78, 5) is 4.29. The molecule has 17 heavy (non-hydrogen) atoms. The fraction of sp³-hybridized carbons (Fsp3) is 0.769. The Morgan fingerprint density at radius 2 is 2.18 bits per heavy atom. The van der Waals surface area contributed by atoms with Gasteiger partial charge in [0, 0.05) is 17.8 Å². The summed E-state index contributed by atoms with van der Waals surface area (Å²) in [5.74, 6) is 0. The number of hydrogen-bond donors (Lipinski definition) is 2. The van der Waals surface area contributed by atoms with E-state index in [2.05, 4.69) is 28.7 Å². The number of aryl methyl sites for hydroxylation is 2. The second-order valence-electron chi connectivity index (χ2n) is 4.75. The molecule has 0 bridgehead atoms. The summed E-state index contributed by atoms with van der Waals surface area (Å²) in [6, 6.07) is 0. The van der Waals surface area contributed by atoms with Crippen molar-refractivity contribution in [2.45, 2.75) is 52.1 Å². The van der Waals surface area contributed by atoms with Gasteiger partial charge in [-0.05, 0) is 40.2 Å². The van der Waals surface area contributed by atoms with Gasteiger partial charge in [-0.2, -0.15) is 0 Å². The molecular weight excluding hydrogens is 214 g/mol. The largest absolute Gasteiger partial charge is 0.394 e. The van der Waals surface area contributed by atoms with Crippen LogP contribution in [-0.4, -0.2) is 33.9 Å². The van der Waals surface area contributed by atoms with E-state index in [-0.39, 0.29) is 12.1 Å². The van der Waals surface area contributed by atoms with Gasteiger partial charge in [0.15, 0.2) is 0 Å². The molecule has 0 radical (unpaired) electrons. The Labute approximate surface area is 104 Å². The third-order valence-corrected chi connectivity index (χ3v) is 3.91. The number of hydrogen-bond acceptors (Lipinski definition) is 3. The first-order valence-electron chi connectivity index (χ1n) is 6.36. The Hall–Kier alpha value is -0.870. The number of nitrogens with zero attached hydrogens (tertiary/aromatic N) is 2. The van der Waals surface area contributed by atoms with E-state index in [1.165, 1.54) is 5.69 Å². The molecule has 4 nitrogen and oxygen atoms in total. The van der Waals surface area contributed by atoms with E-state index >= 15 is 0 Å². The molecule has 1 heterocycles. The van der Waals surface area contributed by atoms with Crippen LogP contribution in [0.15, 0.2) is 6.33 Å². The molecule has 98 valence electrons. The first-order valence-corrected chi connectivity index (χ1v) is 6.36. The highest BCUT2D eigenvalue weighted by atomic mass is 16.3. The van der Waals surface area contributed by atoms with Crippen molar-refractivity contribution in [1.29, 1.82) is 0 Å². The number of aliphatic hydroxyl groups is 1. The zero-order chi connectivity index (χ0) is 12.9. The van der Waals surface area contributed by atoms with Crippen molar-refractivity contribution >= 4 is 0 Å². The maximum absolute atomic E-state index is 9.45. The van der Waals surface area contributed by atoms with Crippen molar-refractivity contribution in [2.24, 2.45) is 0 Å². The van der Waals surface area contributed by atoms with E-state index in [1.807, 2.05) is 20.3 Å². The maximum atomic E-state index is 9.45. The normalized spacial score (nSPS) is 14.9. The average molecular weight is 239 g/mol. The van der Waals surface area contributed by atoms with Gasteiger partial charge < -0.3 is 15.0 Å². The second-order valence-corrected chi connectivity index (χ2v) is 4.75. The smallest absolute Gasteiger partial charge is 0.0951 e. The van der Waals surface area contributed by atoms with Crippen molar-refractivity contribution < 1.29 is 5.11 Å². The topological polar surface area (TPSA) is 50.1 Å². The molecule has 0 aliphatic rings. The average Bonchev–Trinajstić information content (AvgIpc) is 2.67. The Morgan fingerprint density at radius 1 is 1.47 bits per heavy atom. The zero-order valence-electron chi connectivity index (χ0n) is 11.5. The summed E-state index contributed by atoms with van der Waals surface area (Å²) in [5, 5.41) is 12.7. The molecule has 0 saturated carbocycles. The van der Waals surface area contributed by atoms with Crippen LogP contribution in [-0.2, 0) is 6.54 Å². The van der Waals surface area contributed by atoms with Crippen LogP contribution in [0, 0.1) is 13.8 Å². The lowest BCUT2D eigenvalue weighted by molar-refractivity contribution is 0.151. The predicted molar refractivity (Wildman–Crippen MR) is 70.1 cm³/mol. The summed E-state index contributed by atoms with van der Waals surface area (Å²) in [5.41, 5.74) is 2.21. The van der Waals surface area contributed by atoms with Crippen LogP contribution in [0.5, 0.6) is 0 Å². The third-order valence-electron chi connectivity index (χ3n) is 3.91. The number of rotatable bonds is 7. The van der Waals surface area contributed by atoms with Gasteiger partial charge in [0.1, 0.15) is 0 Å². The van der Waals surface area contributed by atoms with E-state index in [9.17, 15) is 5.11 Å². The summed E-state index contributed by atoms with van der Waals surface area (Å²) >= 11 is 0. The standard InChI is InChI=1S/C13H25N3O/c1-5-13(9-17,14-4)7-6-8-16-10-15-11(2)12(16)3/h10,14,17H,5-9H2,1-4H3. The molecule has 1 atom stereocenters. The van der Waals surface area contributed by atoms with Crippen molar-refractivity contribution in [3.8, 4) is 0 Å². The molecular formula is C13H25N3O. The molecule has 1 rings (SSSR count). The van der Waals surface area contributed by atoms with Crippen LogP contribution in [0.4, 0.5) is 0 Å². The molecule has 1 aromatic rings. The molecule has 0 spiro atoms. The van der Waals surface area contributed by atoms with E-state index in [0.717, 1.165) is 31.5 Å². The predicted octanol–water partition coefficient (Wildman–Crippen LogP) is 1.64. The Kier molecular flexibility index (Phi) is 5.15. The summed E-state index contributed by atoms with van der Waals surface area (Å²) < 4.78 is 2.18. The highest BCUT2D eigenvalue weighted by molar-refractivity contribution is 5.08. The highest BCUT2D eigenvalue weighted by Gasteiger charge is 2.24. The van der Waals surface area contributed by atoms with Crippen molar-refractivity contribution in [1.82, 2.24) is 14.9 Å². The number of nitrogens with one attached hydrogen (secondary N) is 1. The molecule has 1 unspecified atom stereocenters. The van der Waals surface area contributed by atoms with Gasteiger partial charge in [0.25, 0.3) is 0 Å². The minimum atomic E-state index is -0.121. The lowest BCUT2D eigenvalue weighted by atomic mass is 9.91. The number of likely N-dealkylation sites (N-methyl/N-ethyl adjacent to an activating group) is 1. The van der Waals surface area contributed by atoms with Crippen LogP contribution in [0.1, 0.15) is 37.6 Å². The molecule has 0 aromatic carbocycles. The summed E-state index contributed by atoms with van der Waals surface area (Å²) in [6.07, 6.45) is 4.87. The first kappa shape index (κ1) is 14.2. The quantitative estimate of drug-likeness (QED) is 0.760.